The number of nitrogens with zero attached hydrogens (tertiary/aromatic N) is 1. The fourth-order valence-electron chi connectivity index (χ4n) is 2.92. The predicted molar refractivity (Wildman–Crippen MR) is 93.4 cm³/mol. The molecule has 3 amide bonds. The lowest BCUT2D eigenvalue weighted by molar-refractivity contribution is -0.124. The highest BCUT2D eigenvalue weighted by atomic mass is 19.1. The summed E-state index contributed by atoms with van der Waals surface area (Å²) in [6, 6.07) is 10.4. The first kappa shape index (κ1) is 17.8. The predicted octanol–water partition coefficient (Wildman–Crippen LogP) is 3.28. The van der Waals surface area contributed by atoms with Gasteiger partial charge in [0.25, 0.3) is 0 Å². The molecule has 0 radical (unpaired) electrons. The van der Waals surface area contributed by atoms with Gasteiger partial charge in [0.05, 0.1) is 0 Å². The molecule has 0 aromatic heterocycles. The molecule has 5 nitrogen and oxygen atoms in total. The van der Waals surface area contributed by atoms with Gasteiger partial charge in [-0.2, -0.15) is 0 Å². The molecule has 0 aliphatic carbocycles. The number of carbonyl (C=O) groups excluding carboxylic acids is 2. The summed E-state index contributed by atoms with van der Waals surface area (Å²) >= 11 is 0. The first-order valence-electron chi connectivity index (χ1n) is 8.38. The highest BCUT2D eigenvalue weighted by Gasteiger charge is 2.34. The van der Waals surface area contributed by atoms with Crippen molar-refractivity contribution in [2.45, 2.75) is 25.4 Å². The van der Waals surface area contributed by atoms with E-state index in [0.717, 1.165) is 12.0 Å². The molecule has 3 rings (SSSR count). The van der Waals surface area contributed by atoms with Gasteiger partial charge >= 0.3 is 6.03 Å². The van der Waals surface area contributed by atoms with E-state index >= 15 is 0 Å². The van der Waals surface area contributed by atoms with E-state index in [-0.39, 0.29) is 24.1 Å². The van der Waals surface area contributed by atoms with Crippen LogP contribution in [0.15, 0.2) is 48.5 Å². The molecule has 1 fully saturated rings. The van der Waals surface area contributed by atoms with Crippen LogP contribution in [0, 0.1) is 11.6 Å². The Morgan fingerprint density at radius 2 is 1.62 bits per heavy atom. The second-order valence-corrected chi connectivity index (χ2v) is 6.13. The van der Waals surface area contributed by atoms with Gasteiger partial charge in [-0.1, -0.05) is 12.1 Å². The van der Waals surface area contributed by atoms with Crippen LogP contribution in [-0.4, -0.2) is 29.4 Å². The standard InChI is InChI=1S/C19H19F2N3O2/c20-14-5-3-13(4-6-14)12-22-18(25)17-2-1-11-24(17)19(26)23-16-9-7-15(21)8-10-16/h3-10,17H,1-2,11-12H2,(H,22,25)(H,23,26)/t17-/m1/s1. The van der Waals surface area contributed by atoms with Gasteiger partial charge in [-0.3, -0.25) is 4.79 Å². The first-order chi connectivity index (χ1) is 12.5. The molecule has 2 aromatic rings. The summed E-state index contributed by atoms with van der Waals surface area (Å²) in [6.07, 6.45) is 1.30. The molecule has 0 spiro atoms. The summed E-state index contributed by atoms with van der Waals surface area (Å²) in [4.78, 5) is 26.3. The summed E-state index contributed by atoms with van der Waals surface area (Å²) < 4.78 is 25.9. The van der Waals surface area contributed by atoms with Crippen molar-refractivity contribution in [2.24, 2.45) is 0 Å². The van der Waals surface area contributed by atoms with Crippen LogP contribution in [-0.2, 0) is 11.3 Å². The third-order valence-corrected chi connectivity index (χ3v) is 4.29. The SMILES string of the molecule is O=C(NCc1ccc(F)cc1)[C@H]1CCCN1C(=O)Nc1ccc(F)cc1. The Balaban J connectivity index is 1.57. The second kappa shape index (κ2) is 7.95. The molecule has 0 bridgehead atoms. The number of hydrogen-bond donors (Lipinski definition) is 2. The van der Waals surface area contributed by atoms with E-state index in [9.17, 15) is 18.4 Å². The number of halogens is 2. The monoisotopic (exact) mass is 359 g/mol. The number of benzene rings is 2. The summed E-state index contributed by atoms with van der Waals surface area (Å²) in [5.41, 5.74) is 1.24. The van der Waals surface area contributed by atoms with Crippen LogP contribution < -0.4 is 10.6 Å². The first-order valence-corrected chi connectivity index (χ1v) is 8.38. The van der Waals surface area contributed by atoms with Crippen LogP contribution in [0.25, 0.3) is 0 Å². The van der Waals surface area contributed by atoms with Crippen LogP contribution in [0.3, 0.4) is 0 Å². The van der Waals surface area contributed by atoms with Crippen molar-refractivity contribution >= 4 is 17.6 Å². The Morgan fingerprint density at radius 1 is 1.00 bits per heavy atom. The molecule has 1 atom stereocenters. The van der Waals surface area contributed by atoms with Crippen molar-refractivity contribution in [3.8, 4) is 0 Å². The molecule has 2 N–H and O–H groups in total. The molecule has 1 heterocycles. The van der Waals surface area contributed by atoms with Gasteiger partial charge in [0.1, 0.15) is 17.7 Å². The Kier molecular flexibility index (Phi) is 5.46. The van der Waals surface area contributed by atoms with Crippen molar-refractivity contribution in [3.05, 3.63) is 65.7 Å². The maximum absolute atomic E-state index is 12.9. The van der Waals surface area contributed by atoms with Crippen LogP contribution in [0.4, 0.5) is 19.3 Å². The fourth-order valence-corrected chi connectivity index (χ4v) is 2.92. The largest absolute Gasteiger partial charge is 0.350 e. The van der Waals surface area contributed by atoms with E-state index in [2.05, 4.69) is 10.6 Å². The molecule has 1 saturated heterocycles. The third-order valence-electron chi connectivity index (χ3n) is 4.29. The van der Waals surface area contributed by atoms with Gasteiger partial charge < -0.3 is 15.5 Å². The fraction of sp³-hybridized carbons (Fsp3) is 0.263. The van der Waals surface area contributed by atoms with Gasteiger partial charge in [-0.05, 0) is 54.8 Å². The van der Waals surface area contributed by atoms with Crippen molar-refractivity contribution in [2.75, 3.05) is 11.9 Å². The number of likely N-dealkylation sites (tertiary alicyclic amines) is 1. The lowest BCUT2D eigenvalue weighted by Crippen LogP contribution is -2.47. The molecule has 1 aliphatic heterocycles. The Bertz CT molecular complexity index is 778. The van der Waals surface area contributed by atoms with E-state index < -0.39 is 12.1 Å². The maximum atomic E-state index is 12.9. The Morgan fingerprint density at radius 3 is 2.27 bits per heavy atom. The van der Waals surface area contributed by atoms with Gasteiger partial charge in [0, 0.05) is 18.8 Å². The molecule has 136 valence electrons. The minimum Gasteiger partial charge on any atom is -0.350 e. The van der Waals surface area contributed by atoms with Crippen LogP contribution in [0.5, 0.6) is 0 Å². The number of hydrogen-bond acceptors (Lipinski definition) is 2. The van der Waals surface area contributed by atoms with Crippen molar-refractivity contribution in [1.82, 2.24) is 10.2 Å². The lowest BCUT2D eigenvalue weighted by atomic mass is 10.2. The molecule has 1 aliphatic rings. The van der Waals surface area contributed by atoms with Crippen LogP contribution >= 0.6 is 0 Å². The summed E-state index contributed by atoms with van der Waals surface area (Å²) in [5, 5.41) is 5.46. The van der Waals surface area contributed by atoms with E-state index in [1.807, 2.05) is 0 Å². The van der Waals surface area contributed by atoms with Crippen molar-refractivity contribution in [1.29, 1.82) is 0 Å². The quantitative estimate of drug-likeness (QED) is 0.880. The molecule has 2 aromatic carbocycles. The molecular weight excluding hydrogens is 340 g/mol. The summed E-state index contributed by atoms with van der Waals surface area (Å²) in [6.45, 7) is 0.741. The van der Waals surface area contributed by atoms with E-state index in [4.69, 9.17) is 0 Å². The Hall–Kier alpha value is -2.96. The normalized spacial score (nSPS) is 16.4. The van der Waals surface area contributed by atoms with Gasteiger partial charge in [0.15, 0.2) is 0 Å². The summed E-state index contributed by atoms with van der Waals surface area (Å²) in [7, 11) is 0. The topological polar surface area (TPSA) is 61.4 Å². The van der Waals surface area contributed by atoms with Gasteiger partial charge in [0.2, 0.25) is 5.91 Å². The average molecular weight is 359 g/mol. The van der Waals surface area contributed by atoms with Gasteiger partial charge in [-0.25, -0.2) is 13.6 Å². The highest BCUT2D eigenvalue weighted by molar-refractivity contribution is 5.94. The maximum Gasteiger partial charge on any atom is 0.322 e. The van der Waals surface area contributed by atoms with E-state index in [1.165, 1.54) is 41.3 Å². The number of anilines is 1. The number of urea groups is 1. The zero-order valence-electron chi connectivity index (χ0n) is 14.0. The molecule has 0 saturated carbocycles. The van der Waals surface area contributed by atoms with Crippen molar-refractivity contribution in [3.63, 3.8) is 0 Å². The van der Waals surface area contributed by atoms with Crippen molar-refractivity contribution < 1.29 is 18.4 Å². The van der Waals surface area contributed by atoms with Crippen LogP contribution in [0.2, 0.25) is 0 Å². The highest BCUT2D eigenvalue weighted by Crippen LogP contribution is 2.19. The number of rotatable bonds is 4. The number of amides is 3. The zero-order valence-corrected chi connectivity index (χ0v) is 14.0. The van der Waals surface area contributed by atoms with E-state index in [0.29, 0.717) is 18.7 Å². The Labute approximate surface area is 150 Å². The number of nitrogens with one attached hydrogen (secondary N) is 2. The number of carbonyl (C=O) groups is 2. The lowest BCUT2D eigenvalue weighted by Gasteiger charge is -2.24. The minimum atomic E-state index is -0.559. The minimum absolute atomic E-state index is 0.249. The second-order valence-electron chi connectivity index (χ2n) is 6.13. The molecule has 26 heavy (non-hydrogen) atoms. The average Bonchev–Trinajstić information content (AvgIpc) is 3.13. The molecular formula is C19H19F2N3O2. The zero-order chi connectivity index (χ0) is 18.5. The summed E-state index contributed by atoms with van der Waals surface area (Å²) in [5.74, 6) is -0.970. The molecule has 0 unspecified atom stereocenters. The smallest absolute Gasteiger partial charge is 0.322 e. The van der Waals surface area contributed by atoms with Crippen LogP contribution in [0.1, 0.15) is 18.4 Å². The van der Waals surface area contributed by atoms with Gasteiger partial charge in [-0.15, -0.1) is 0 Å². The van der Waals surface area contributed by atoms with E-state index in [1.54, 1.807) is 12.1 Å². The third kappa shape index (κ3) is 4.36. The molecule has 7 heteroatoms.